The summed E-state index contributed by atoms with van der Waals surface area (Å²) >= 11 is 3.29. The third-order valence-corrected chi connectivity index (χ3v) is 4.92. The summed E-state index contributed by atoms with van der Waals surface area (Å²) < 4.78 is 5.33. The predicted molar refractivity (Wildman–Crippen MR) is 81.1 cm³/mol. The van der Waals surface area contributed by atoms with Crippen LogP contribution in [0.2, 0.25) is 0 Å². The van der Waals surface area contributed by atoms with Gasteiger partial charge in [0.25, 0.3) is 0 Å². The topological polar surface area (TPSA) is 47.0 Å². The molecule has 0 aliphatic heterocycles. The van der Waals surface area contributed by atoms with Crippen molar-refractivity contribution >= 4 is 22.7 Å². The van der Waals surface area contributed by atoms with Crippen LogP contribution in [0.5, 0.6) is 5.75 Å². The number of hydrogen-bond acceptors (Lipinski definition) is 6. The Hall–Kier alpha value is -0.980. The van der Waals surface area contributed by atoms with Gasteiger partial charge < -0.3 is 10.1 Å². The molecule has 2 aromatic heterocycles. The molecule has 0 aliphatic carbocycles. The van der Waals surface area contributed by atoms with Crippen LogP contribution in [0.25, 0.3) is 9.88 Å². The van der Waals surface area contributed by atoms with E-state index >= 15 is 0 Å². The van der Waals surface area contributed by atoms with E-state index in [-0.39, 0.29) is 0 Å². The molecule has 2 aromatic rings. The van der Waals surface area contributed by atoms with E-state index in [9.17, 15) is 0 Å². The van der Waals surface area contributed by atoms with Crippen molar-refractivity contribution in [3.63, 3.8) is 0 Å². The highest BCUT2D eigenvalue weighted by molar-refractivity contribution is 7.21. The average Bonchev–Trinajstić information content (AvgIpc) is 3.07. The fourth-order valence-electron chi connectivity index (χ4n) is 1.81. The van der Waals surface area contributed by atoms with Crippen LogP contribution < -0.4 is 10.1 Å². The normalized spacial score (nSPS) is 12.6. The highest BCUT2D eigenvalue weighted by Crippen LogP contribution is 2.38. The van der Waals surface area contributed by atoms with Gasteiger partial charge in [-0.15, -0.1) is 21.5 Å². The summed E-state index contributed by atoms with van der Waals surface area (Å²) in [6, 6.07) is 2.27. The number of methoxy groups -OCH3 is 1. The Balaban J connectivity index is 2.18. The number of nitrogens with zero attached hydrogens (tertiary/aromatic N) is 2. The number of hydrogen-bond donors (Lipinski definition) is 1. The van der Waals surface area contributed by atoms with Crippen LogP contribution in [-0.4, -0.2) is 23.9 Å². The average molecular weight is 297 g/mol. The Morgan fingerprint density at radius 1 is 1.37 bits per heavy atom. The van der Waals surface area contributed by atoms with Gasteiger partial charge in [-0.05, 0) is 30.8 Å². The fourth-order valence-corrected chi connectivity index (χ4v) is 3.76. The van der Waals surface area contributed by atoms with Gasteiger partial charge in [0.05, 0.1) is 13.2 Å². The van der Waals surface area contributed by atoms with Gasteiger partial charge in [-0.2, -0.15) is 0 Å². The van der Waals surface area contributed by atoms with Gasteiger partial charge in [0.15, 0.2) is 5.01 Å². The van der Waals surface area contributed by atoms with E-state index < -0.39 is 0 Å². The summed E-state index contributed by atoms with van der Waals surface area (Å²) in [5.74, 6) is 0.877. The first-order valence-electron chi connectivity index (χ1n) is 6.48. The molecule has 0 radical (unpaired) electrons. The van der Waals surface area contributed by atoms with Crippen LogP contribution in [0.3, 0.4) is 0 Å². The van der Waals surface area contributed by atoms with Crippen molar-refractivity contribution in [2.24, 2.45) is 0 Å². The molecule has 1 atom stereocenters. The zero-order chi connectivity index (χ0) is 13.7. The smallest absolute Gasteiger partial charge is 0.161 e. The molecule has 0 saturated heterocycles. The fraction of sp³-hybridized carbons (Fsp3) is 0.538. The van der Waals surface area contributed by atoms with Crippen LogP contribution in [0.15, 0.2) is 11.4 Å². The van der Waals surface area contributed by atoms with Crippen molar-refractivity contribution in [1.82, 2.24) is 15.5 Å². The lowest BCUT2D eigenvalue weighted by molar-refractivity contribution is 0.418. The molecule has 0 amide bonds. The molecule has 0 fully saturated rings. The molecule has 19 heavy (non-hydrogen) atoms. The molecule has 4 nitrogen and oxygen atoms in total. The van der Waals surface area contributed by atoms with Gasteiger partial charge in [-0.3, -0.25) is 0 Å². The summed E-state index contributed by atoms with van der Waals surface area (Å²) in [7, 11) is 1.69. The zero-order valence-corrected chi connectivity index (χ0v) is 13.1. The maximum absolute atomic E-state index is 5.33. The van der Waals surface area contributed by atoms with Crippen molar-refractivity contribution in [3.8, 4) is 15.6 Å². The number of rotatable bonds is 7. The molecule has 0 spiro atoms. The van der Waals surface area contributed by atoms with E-state index in [2.05, 4.69) is 29.4 Å². The Morgan fingerprint density at radius 2 is 2.21 bits per heavy atom. The molecule has 1 unspecified atom stereocenters. The second-order valence-electron chi connectivity index (χ2n) is 4.18. The van der Waals surface area contributed by atoms with Gasteiger partial charge in [0.2, 0.25) is 0 Å². The Kier molecular flexibility index (Phi) is 5.30. The van der Waals surface area contributed by atoms with Gasteiger partial charge >= 0.3 is 0 Å². The van der Waals surface area contributed by atoms with Crippen LogP contribution in [0.1, 0.15) is 37.7 Å². The second kappa shape index (κ2) is 6.98. The van der Waals surface area contributed by atoms with Gasteiger partial charge in [-0.1, -0.05) is 25.2 Å². The molecule has 1 N–H and O–H groups in total. The minimum Gasteiger partial charge on any atom is -0.495 e. The summed E-state index contributed by atoms with van der Waals surface area (Å²) in [6.45, 7) is 5.34. The number of ether oxygens (including phenoxy) is 1. The van der Waals surface area contributed by atoms with Gasteiger partial charge in [0.1, 0.15) is 15.6 Å². The van der Waals surface area contributed by atoms with Gasteiger partial charge in [0, 0.05) is 0 Å². The molecule has 6 heteroatoms. The summed E-state index contributed by atoms with van der Waals surface area (Å²) in [5, 5.41) is 16.2. The molecule has 0 aromatic carbocycles. The van der Waals surface area contributed by atoms with E-state index in [0.29, 0.717) is 6.04 Å². The SMILES string of the molecule is CCCNC(CC)c1nnc(-c2sccc2OC)s1. The monoisotopic (exact) mass is 297 g/mol. The number of nitrogens with one attached hydrogen (secondary N) is 1. The predicted octanol–water partition coefficient (Wildman–Crippen LogP) is 3.73. The Labute approximate surface area is 121 Å². The lowest BCUT2D eigenvalue weighted by Crippen LogP contribution is -2.21. The maximum Gasteiger partial charge on any atom is 0.161 e. The lowest BCUT2D eigenvalue weighted by atomic mass is 10.2. The van der Waals surface area contributed by atoms with E-state index in [1.807, 2.05) is 11.4 Å². The largest absolute Gasteiger partial charge is 0.495 e. The molecule has 2 rings (SSSR count). The Bertz CT molecular complexity index is 509. The minimum absolute atomic E-state index is 0.303. The van der Waals surface area contributed by atoms with Crippen LogP contribution in [-0.2, 0) is 0 Å². The van der Waals surface area contributed by atoms with E-state index in [1.54, 1.807) is 29.8 Å². The quantitative estimate of drug-likeness (QED) is 0.846. The van der Waals surface area contributed by atoms with Crippen LogP contribution in [0, 0.1) is 0 Å². The second-order valence-corrected chi connectivity index (χ2v) is 6.10. The van der Waals surface area contributed by atoms with Crippen LogP contribution >= 0.6 is 22.7 Å². The van der Waals surface area contributed by atoms with Gasteiger partial charge in [-0.25, -0.2) is 0 Å². The molecule has 0 aliphatic rings. The first kappa shape index (κ1) is 14.4. The molecular weight excluding hydrogens is 278 g/mol. The molecular formula is C13H19N3OS2. The summed E-state index contributed by atoms with van der Waals surface area (Å²) in [5.41, 5.74) is 0. The maximum atomic E-state index is 5.33. The van der Waals surface area contributed by atoms with Crippen molar-refractivity contribution in [2.45, 2.75) is 32.7 Å². The third kappa shape index (κ3) is 3.32. The van der Waals surface area contributed by atoms with Crippen LogP contribution in [0.4, 0.5) is 0 Å². The number of thiophene rings is 1. The third-order valence-electron chi connectivity index (χ3n) is 2.83. The molecule has 0 saturated carbocycles. The first-order chi connectivity index (χ1) is 9.30. The standard InChI is InChI=1S/C13H19N3OS2/c1-4-7-14-9(5-2)12-15-16-13(19-12)11-10(17-3)6-8-18-11/h6,8-9,14H,4-5,7H2,1-3H3. The van der Waals surface area contributed by atoms with Crippen molar-refractivity contribution in [3.05, 3.63) is 16.5 Å². The Morgan fingerprint density at radius 3 is 2.89 bits per heavy atom. The van der Waals surface area contributed by atoms with Crippen molar-refractivity contribution < 1.29 is 4.74 Å². The molecule has 2 heterocycles. The highest BCUT2D eigenvalue weighted by atomic mass is 32.1. The number of aromatic nitrogens is 2. The van der Waals surface area contributed by atoms with E-state index in [4.69, 9.17) is 4.74 Å². The molecule has 104 valence electrons. The highest BCUT2D eigenvalue weighted by Gasteiger charge is 2.17. The summed E-state index contributed by atoms with van der Waals surface area (Å²) in [6.07, 6.45) is 2.15. The lowest BCUT2D eigenvalue weighted by Gasteiger charge is -2.12. The minimum atomic E-state index is 0.303. The van der Waals surface area contributed by atoms with Crippen molar-refractivity contribution in [2.75, 3.05) is 13.7 Å². The molecule has 0 bridgehead atoms. The van der Waals surface area contributed by atoms with Crippen molar-refractivity contribution in [1.29, 1.82) is 0 Å². The summed E-state index contributed by atoms with van der Waals surface area (Å²) in [4.78, 5) is 1.07. The first-order valence-corrected chi connectivity index (χ1v) is 8.18. The van der Waals surface area contributed by atoms with E-state index in [1.165, 1.54) is 0 Å². The zero-order valence-electron chi connectivity index (χ0n) is 11.5. The van der Waals surface area contributed by atoms with E-state index in [0.717, 1.165) is 40.0 Å².